The molecule has 1 aliphatic rings. The predicted octanol–water partition coefficient (Wildman–Crippen LogP) is 2.40. The lowest BCUT2D eigenvalue weighted by molar-refractivity contribution is -0.142. The molecule has 0 spiro atoms. The Kier molecular flexibility index (Phi) is 6.86. The van der Waals surface area contributed by atoms with E-state index in [0.717, 1.165) is 22.5 Å². The van der Waals surface area contributed by atoms with Crippen LogP contribution in [0.2, 0.25) is 0 Å². The van der Waals surface area contributed by atoms with Gasteiger partial charge in [-0.05, 0) is 43.2 Å². The number of nitrogens with one attached hydrogen (secondary N) is 1. The van der Waals surface area contributed by atoms with E-state index >= 15 is 0 Å². The molecule has 0 fully saturated rings. The summed E-state index contributed by atoms with van der Waals surface area (Å²) in [4.78, 5) is 44.0. The fraction of sp³-hybridized carbons (Fsp3) is 0.308. The lowest BCUT2D eigenvalue weighted by atomic mass is 9.99. The van der Waals surface area contributed by atoms with Crippen LogP contribution in [0.5, 0.6) is 5.75 Å². The van der Waals surface area contributed by atoms with E-state index in [1.807, 2.05) is 35.8 Å². The number of hydrogen-bond donors (Lipinski definition) is 2. The molecular weight excluding hydrogens is 448 g/mol. The van der Waals surface area contributed by atoms with Crippen molar-refractivity contribution in [2.24, 2.45) is 0 Å². The van der Waals surface area contributed by atoms with E-state index in [4.69, 9.17) is 4.74 Å². The molecule has 0 saturated carbocycles. The van der Waals surface area contributed by atoms with E-state index in [0.29, 0.717) is 17.9 Å². The van der Waals surface area contributed by atoms with Crippen molar-refractivity contribution in [1.29, 1.82) is 0 Å². The second-order valence-electron chi connectivity index (χ2n) is 8.65. The molecular formula is C26H28N4O5. The Morgan fingerprint density at radius 2 is 1.97 bits per heavy atom. The van der Waals surface area contributed by atoms with Crippen LogP contribution in [0.4, 0.5) is 0 Å². The number of imidazole rings is 1. The number of carboxylic acids is 1. The molecule has 2 aromatic carbocycles. The van der Waals surface area contributed by atoms with Crippen LogP contribution in [0.3, 0.4) is 0 Å². The monoisotopic (exact) mass is 476 g/mol. The van der Waals surface area contributed by atoms with E-state index < -0.39 is 24.0 Å². The van der Waals surface area contributed by atoms with Crippen molar-refractivity contribution in [3.05, 3.63) is 82.9 Å². The third kappa shape index (κ3) is 5.03. The van der Waals surface area contributed by atoms with Crippen LogP contribution in [-0.2, 0) is 29.1 Å². The zero-order chi connectivity index (χ0) is 25.1. The number of aromatic nitrogens is 2. The molecule has 9 heteroatoms. The third-order valence-electron chi connectivity index (χ3n) is 6.33. The number of aryl methyl sites for hydroxylation is 1. The van der Waals surface area contributed by atoms with Crippen molar-refractivity contribution < 1.29 is 24.2 Å². The summed E-state index contributed by atoms with van der Waals surface area (Å²) in [6, 6.07) is 12.8. The zero-order valence-electron chi connectivity index (χ0n) is 19.9. The zero-order valence-corrected chi connectivity index (χ0v) is 19.9. The van der Waals surface area contributed by atoms with Crippen LogP contribution in [0, 0.1) is 6.92 Å². The van der Waals surface area contributed by atoms with Gasteiger partial charge >= 0.3 is 5.97 Å². The lowest BCUT2D eigenvalue weighted by Gasteiger charge is -2.35. The maximum absolute atomic E-state index is 13.6. The Balaban J connectivity index is 1.68. The lowest BCUT2D eigenvalue weighted by Crippen LogP contribution is -2.55. The maximum atomic E-state index is 13.6. The summed E-state index contributed by atoms with van der Waals surface area (Å²) in [5, 5.41) is 11.7. The predicted molar refractivity (Wildman–Crippen MR) is 128 cm³/mol. The normalized spacial score (nSPS) is 15.7. The summed E-state index contributed by atoms with van der Waals surface area (Å²) in [6.45, 7) is 4.18. The van der Waals surface area contributed by atoms with Crippen LogP contribution in [0.1, 0.15) is 39.8 Å². The van der Waals surface area contributed by atoms with Crippen molar-refractivity contribution in [2.45, 2.75) is 45.4 Å². The van der Waals surface area contributed by atoms with Crippen molar-refractivity contribution in [3.8, 4) is 5.75 Å². The van der Waals surface area contributed by atoms with Crippen molar-refractivity contribution in [1.82, 2.24) is 19.8 Å². The Bertz CT molecular complexity index is 1270. The van der Waals surface area contributed by atoms with E-state index in [1.165, 1.54) is 18.9 Å². The minimum Gasteiger partial charge on any atom is -0.497 e. The second kappa shape index (κ2) is 10.0. The van der Waals surface area contributed by atoms with E-state index in [1.54, 1.807) is 30.6 Å². The molecule has 1 aromatic heterocycles. The molecule has 0 bridgehead atoms. The summed E-state index contributed by atoms with van der Waals surface area (Å²) < 4.78 is 7.25. The van der Waals surface area contributed by atoms with Crippen LogP contribution < -0.4 is 10.1 Å². The number of amides is 2. The molecule has 2 atom stereocenters. The number of fused-ring (bicyclic) bond motifs is 1. The molecule has 4 rings (SSSR count). The number of nitrogens with zero attached hydrogens (tertiary/aromatic N) is 3. The number of hydrogen-bond acceptors (Lipinski definition) is 5. The van der Waals surface area contributed by atoms with E-state index in [9.17, 15) is 19.5 Å². The van der Waals surface area contributed by atoms with Crippen LogP contribution in [-0.4, -0.2) is 56.5 Å². The van der Waals surface area contributed by atoms with Crippen molar-refractivity contribution >= 4 is 17.8 Å². The first kappa shape index (κ1) is 24.0. The SMILES string of the molecule is COc1cccc(C(=O)N2Cc3c(ncn3Cc3ccccc3C)CC2C(=O)NC(C)C(=O)O)c1. The average molecular weight is 477 g/mol. The summed E-state index contributed by atoms with van der Waals surface area (Å²) in [7, 11) is 1.52. The van der Waals surface area contributed by atoms with Gasteiger partial charge < -0.3 is 24.6 Å². The van der Waals surface area contributed by atoms with Crippen molar-refractivity contribution in [2.75, 3.05) is 7.11 Å². The highest BCUT2D eigenvalue weighted by Crippen LogP contribution is 2.27. The van der Waals surface area contributed by atoms with Gasteiger partial charge in [0.2, 0.25) is 5.91 Å². The molecule has 2 N–H and O–H groups in total. The minimum atomic E-state index is -1.15. The number of carboxylic acid groups (broad SMARTS) is 1. The molecule has 1 aliphatic heterocycles. The average Bonchev–Trinajstić information content (AvgIpc) is 3.25. The summed E-state index contributed by atoms with van der Waals surface area (Å²) in [5.41, 5.74) is 4.22. The van der Waals surface area contributed by atoms with Gasteiger partial charge in [0.1, 0.15) is 17.8 Å². The fourth-order valence-electron chi connectivity index (χ4n) is 4.21. The van der Waals surface area contributed by atoms with Gasteiger partial charge in [-0.2, -0.15) is 0 Å². The number of aliphatic carboxylic acids is 1. The Labute approximate surface area is 203 Å². The highest BCUT2D eigenvalue weighted by molar-refractivity contribution is 5.98. The first-order valence-electron chi connectivity index (χ1n) is 11.3. The maximum Gasteiger partial charge on any atom is 0.325 e. The Hall–Kier alpha value is -4.14. The molecule has 2 heterocycles. The van der Waals surface area contributed by atoms with Crippen molar-refractivity contribution in [3.63, 3.8) is 0 Å². The topological polar surface area (TPSA) is 114 Å². The summed E-state index contributed by atoms with van der Waals surface area (Å²) in [6.07, 6.45) is 1.91. The summed E-state index contributed by atoms with van der Waals surface area (Å²) in [5.74, 6) is -1.50. The van der Waals surface area contributed by atoms with Crippen LogP contribution in [0.25, 0.3) is 0 Å². The fourth-order valence-corrected chi connectivity index (χ4v) is 4.21. The molecule has 0 radical (unpaired) electrons. The number of carbonyl (C=O) groups excluding carboxylic acids is 2. The molecule has 3 aromatic rings. The molecule has 0 aliphatic carbocycles. The molecule has 9 nitrogen and oxygen atoms in total. The van der Waals surface area contributed by atoms with E-state index in [2.05, 4.69) is 10.3 Å². The van der Waals surface area contributed by atoms with Gasteiger partial charge in [0, 0.05) is 18.5 Å². The number of rotatable bonds is 7. The molecule has 35 heavy (non-hydrogen) atoms. The minimum absolute atomic E-state index is 0.163. The largest absolute Gasteiger partial charge is 0.497 e. The second-order valence-corrected chi connectivity index (χ2v) is 8.65. The van der Waals surface area contributed by atoms with Gasteiger partial charge in [0.15, 0.2) is 0 Å². The van der Waals surface area contributed by atoms with Gasteiger partial charge in [0.25, 0.3) is 5.91 Å². The molecule has 2 amide bonds. The smallest absolute Gasteiger partial charge is 0.325 e. The van der Waals surface area contributed by atoms with Gasteiger partial charge in [-0.15, -0.1) is 0 Å². The highest BCUT2D eigenvalue weighted by Gasteiger charge is 2.38. The third-order valence-corrected chi connectivity index (χ3v) is 6.33. The first-order chi connectivity index (χ1) is 16.8. The number of ether oxygens (including phenoxy) is 1. The van der Waals surface area contributed by atoms with E-state index in [-0.39, 0.29) is 18.9 Å². The highest BCUT2D eigenvalue weighted by atomic mass is 16.5. The van der Waals surface area contributed by atoms with Gasteiger partial charge in [-0.25, -0.2) is 4.98 Å². The standard InChI is InChI=1S/C26H28N4O5/c1-16-7-4-5-8-19(16)13-29-15-27-21-12-22(24(31)28-17(2)26(33)34)30(14-23(21)29)25(32)18-9-6-10-20(11-18)35-3/h4-11,15,17,22H,12-14H2,1-3H3,(H,28,31)(H,33,34). The Morgan fingerprint density at radius 3 is 2.69 bits per heavy atom. The van der Waals surface area contributed by atoms with Gasteiger partial charge in [-0.1, -0.05) is 30.3 Å². The molecule has 0 saturated heterocycles. The Morgan fingerprint density at radius 1 is 1.20 bits per heavy atom. The van der Waals surface area contributed by atoms with Gasteiger partial charge in [0.05, 0.1) is 31.4 Å². The molecule has 182 valence electrons. The number of methoxy groups -OCH3 is 1. The number of benzene rings is 2. The first-order valence-corrected chi connectivity index (χ1v) is 11.3. The molecule has 2 unspecified atom stereocenters. The number of carbonyl (C=O) groups is 3. The summed E-state index contributed by atoms with van der Waals surface area (Å²) >= 11 is 0. The van der Waals surface area contributed by atoms with Crippen LogP contribution in [0.15, 0.2) is 54.9 Å². The quantitative estimate of drug-likeness (QED) is 0.541. The van der Waals surface area contributed by atoms with Gasteiger partial charge in [-0.3, -0.25) is 14.4 Å². The van der Waals surface area contributed by atoms with Crippen LogP contribution >= 0.6 is 0 Å².